The van der Waals surface area contributed by atoms with Crippen LogP contribution in [0.4, 0.5) is 0 Å². The molecule has 0 aliphatic rings. The monoisotopic (exact) mass is 799 g/mol. The molecule has 0 amide bonds. The standard InChI is InChI=1S/C46H87O8P/c1-4-7-9-11-13-15-17-19-21-22-23-24-25-27-28-30-32-34-36-38-40-45(47)51-42-44(43-53-55(49,50)52-6-3)54-46(48)41-39-37-35-33-31-29-26-20-18-16-14-12-10-8-5-2/h14,16,20,26,44H,4-13,15,17-19,21-25,27-43H2,1-3H3,(H,49,50)/b16-14-,26-20-. The molecule has 1 N–H and O–H groups in total. The van der Waals surface area contributed by atoms with Gasteiger partial charge in [0.15, 0.2) is 6.10 Å². The Labute approximate surface area is 339 Å². The maximum absolute atomic E-state index is 12.6. The number of hydrogen-bond donors (Lipinski definition) is 1. The van der Waals surface area contributed by atoms with E-state index in [0.29, 0.717) is 12.8 Å². The number of allylic oxidation sites excluding steroid dienone is 4. The molecule has 0 aliphatic carbocycles. The Morgan fingerprint density at radius 3 is 1.33 bits per heavy atom. The minimum Gasteiger partial charge on any atom is -0.462 e. The van der Waals surface area contributed by atoms with Crippen LogP contribution < -0.4 is 0 Å². The fraction of sp³-hybridized carbons (Fsp3) is 0.870. The molecule has 0 saturated carbocycles. The van der Waals surface area contributed by atoms with Gasteiger partial charge in [-0.05, 0) is 51.9 Å². The van der Waals surface area contributed by atoms with Crippen molar-refractivity contribution in [3.05, 3.63) is 24.3 Å². The third-order valence-electron chi connectivity index (χ3n) is 10.0. The number of carbonyl (C=O) groups is 2. The highest BCUT2D eigenvalue weighted by Gasteiger charge is 2.25. The van der Waals surface area contributed by atoms with Gasteiger partial charge in [-0.25, -0.2) is 4.57 Å². The van der Waals surface area contributed by atoms with Crippen LogP contribution in [0.2, 0.25) is 0 Å². The molecule has 0 aromatic rings. The molecule has 0 aromatic heterocycles. The summed E-state index contributed by atoms with van der Waals surface area (Å²) < 4.78 is 32.7. The first kappa shape index (κ1) is 53.5. The molecule has 0 saturated heterocycles. The van der Waals surface area contributed by atoms with Gasteiger partial charge in [0.2, 0.25) is 0 Å². The van der Waals surface area contributed by atoms with Gasteiger partial charge in [-0.1, -0.05) is 192 Å². The van der Waals surface area contributed by atoms with Crippen LogP contribution in [0.5, 0.6) is 0 Å². The summed E-state index contributed by atoms with van der Waals surface area (Å²) in [6.45, 7) is 5.47. The Balaban J connectivity index is 4.01. The Morgan fingerprint density at radius 1 is 0.491 bits per heavy atom. The Kier molecular flexibility index (Phi) is 41.0. The number of carbonyl (C=O) groups excluding carboxylic acids is 2. The molecule has 55 heavy (non-hydrogen) atoms. The normalized spacial score (nSPS) is 13.5. The zero-order valence-corrected chi connectivity index (χ0v) is 37.0. The van der Waals surface area contributed by atoms with Crippen molar-refractivity contribution in [3.63, 3.8) is 0 Å². The van der Waals surface area contributed by atoms with Gasteiger partial charge in [0.1, 0.15) is 6.61 Å². The minimum absolute atomic E-state index is 0.000478. The maximum atomic E-state index is 12.6. The minimum atomic E-state index is -4.28. The van der Waals surface area contributed by atoms with Crippen LogP contribution in [0, 0.1) is 0 Å². The van der Waals surface area contributed by atoms with Crippen molar-refractivity contribution in [3.8, 4) is 0 Å². The van der Waals surface area contributed by atoms with Crippen molar-refractivity contribution in [1.29, 1.82) is 0 Å². The van der Waals surface area contributed by atoms with Crippen molar-refractivity contribution in [2.45, 2.75) is 239 Å². The molecule has 2 unspecified atom stereocenters. The molecule has 0 bridgehead atoms. The van der Waals surface area contributed by atoms with E-state index < -0.39 is 26.5 Å². The molecule has 9 heteroatoms. The van der Waals surface area contributed by atoms with E-state index in [-0.39, 0.29) is 25.6 Å². The topological polar surface area (TPSA) is 108 Å². The molecule has 0 fully saturated rings. The smallest absolute Gasteiger partial charge is 0.462 e. The van der Waals surface area contributed by atoms with Gasteiger partial charge in [0, 0.05) is 12.8 Å². The number of ether oxygens (including phenoxy) is 2. The highest BCUT2D eigenvalue weighted by molar-refractivity contribution is 7.47. The summed E-state index contributed by atoms with van der Waals surface area (Å²) in [5.41, 5.74) is 0. The second-order valence-corrected chi connectivity index (χ2v) is 16.9. The summed E-state index contributed by atoms with van der Waals surface area (Å²) in [5.74, 6) is -0.803. The zero-order chi connectivity index (χ0) is 40.3. The summed E-state index contributed by atoms with van der Waals surface area (Å²) in [5, 5.41) is 0. The number of unbranched alkanes of at least 4 members (excludes halogenated alkanes) is 27. The second kappa shape index (κ2) is 42.1. The Hall–Kier alpha value is -1.47. The van der Waals surface area contributed by atoms with Crippen molar-refractivity contribution in [2.24, 2.45) is 0 Å². The molecular formula is C46H87O8P. The molecule has 0 rings (SSSR count). The molecule has 0 aromatic carbocycles. The van der Waals surface area contributed by atoms with Gasteiger partial charge < -0.3 is 14.4 Å². The summed E-state index contributed by atoms with van der Waals surface area (Å²) in [4.78, 5) is 34.8. The molecule has 0 spiro atoms. The summed E-state index contributed by atoms with van der Waals surface area (Å²) >= 11 is 0. The molecule has 0 aliphatic heterocycles. The van der Waals surface area contributed by atoms with E-state index in [9.17, 15) is 19.0 Å². The van der Waals surface area contributed by atoms with Crippen LogP contribution in [0.15, 0.2) is 24.3 Å². The predicted octanol–water partition coefficient (Wildman–Crippen LogP) is 14.6. The quantitative estimate of drug-likeness (QED) is 0.0281. The SMILES string of the molecule is CCCCC/C=C\C/C=C\CCCCCCCC(=O)OC(COC(=O)CCCCCCCCCCCCCCCCCCCCCC)COP(=O)(O)OCC. The van der Waals surface area contributed by atoms with Crippen LogP contribution in [-0.2, 0) is 32.7 Å². The lowest BCUT2D eigenvalue weighted by molar-refractivity contribution is -0.161. The number of phosphoric acid groups is 1. The van der Waals surface area contributed by atoms with E-state index in [2.05, 4.69) is 38.2 Å². The van der Waals surface area contributed by atoms with Gasteiger partial charge in [-0.2, -0.15) is 0 Å². The molecule has 0 heterocycles. The average Bonchev–Trinajstić information content (AvgIpc) is 3.16. The van der Waals surface area contributed by atoms with E-state index in [1.807, 2.05) is 0 Å². The number of hydrogen-bond acceptors (Lipinski definition) is 7. The highest BCUT2D eigenvalue weighted by atomic mass is 31.2. The predicted molar refractivity (Wildman–Crippen MR) is 230 cm³/mol. The van der Waals surface area contributed by atoms with Gasteiger partial charge in [-0.3, -0.25) is 18.6 Å². The lowest BCUT2D eigenvalue weighted by Gasteiger charge is -2.19. The molecule has 324 valence electrons. The van der Waals surface area contributed by atoms with Crippen LogP contribution in [0.25, 0.3) is 0 Å². The van der Waals surface area contributed by atoms with Crippen molar-refractivity contribution in [1.82, 2.24) is 0 Å². The number of esters is 2. The van der Waals surface area contributed by atoms with E-state index >= 15 is 0 Å². The second-order valence-electron chi connectivity index (χ2n) is 15.4. The van der Waals surface area contributed by atoms with Crippen LogP contribution in [-0.4, -0.2) is 42.8 Å². The summed E-state index contributed by atoms with van der Waals surface area (Å²) in [6.07, 6.45) is 46.6. The molecule has 0 radical (unpaired) electrons. The van der Waals surface area contributed by atoms with Crippen molar-refractivity contribution < 1.29 is 37.6 Å². The average molecular weight is 799 g/mol. The first-order valence-corrected chi connectivity index (χ1v) is 24.6. The third kappa shape index (κ3) is 42.0. The largest absolute Gasteiger partial charge is 0.472 e. The number of rotatable bonds is 43. The fourth-order valence-corrected chi connectivity index (χ4v) is 7.36. The first-order valence-electron chi connectivity index (χ1n) is 23.1. The lowest BCUT2D eigenvalue weighted by atomic mass is 10.0. The van der Waals surface area contributed by atoms with Crippen LogP contribution in [0.3, 0.4) is 0 Å². The molecule has 8 nitrogen and oxygen atoms in total. The molecule has 2 atom stereocenters. The summed E-state index contributed by atoms with van der Waals surface area (Å²) in [7, 11) is -4.28. The van der Waals surface area contributed by atoms with Gasteiger partial charge in [0.25, 0.3) is 0 Å². The lowest BCUT2D eigenvalue weighted by Crippen LogP contribution is -2.29. The van der Waals surface area contributed by atoms with Crippen molar-refractivity contribution >= 4 is 19.8 Å². The van der Waals surface area contributed by atoms with E-state index in [1.165, 1.54) is 135 Å². The Morgan fingerprint density at radius 2 is 0.873 bits per heavy atom. The zero-order valence-electron chi connectivity index (χ0n) is 36.1. The van der Waals surface area contributed by atoms with Crippen molar-refractivity contribution in [2.75, 3.05) is 19.8 Å². The van der Waals surface area contributed by atoms with E-state index in [4.69, 9.17) is 18.5 Å². The first-order chi connectivity index (χ1) is 26.8. The van der Waals surface area contributed by atoms with Crippen LogP contribution >= 0.6 is 7.82 Å². The Bertz CT molecular complexity index is 952. The molecular weight excluding hydrogens is 711 g/mol. The summed E-state index contributed by atoms with van der Waals surface area (Å²) in [6, 6.07) is 0. The van der Waals surface area contributed by atoms with Gasteiger partial charge in [0.05, 0.1) is 13.2 Å². The highest BCUT2D eigenvalue weighted by Crippen LogP contribution is 2.43. The van der Waals surface area contributed by atoms with Gasteiger partial charge >= 0.3 is 19.8 Å². The third-order valence-corrected chi connectivity index (χ3v) is 11.1. The maximum Gasteiger partial charge on any atom is 0.472 e. The number of phosphoric ester groups is 1. The van der Waals surface area contributed by atoms with E-state index in [0.717, 1.165) is 57.8 Å². The van der Waals surface area contributed by atoms with E-state index in [1.54, 1.807) is 6.92 Å². The fourth-order valence-electron chi connectivity index (χ4n) is 6.60. The van der Waals surface area contributed by atoms with Gasteiger partial charge in [-0.15, -0.1) is 0 Å². The van der Waals surface area contributed by atoms with Crippen LogP contribution in [0.1, 0.15) is 233 Å².